The Kier molecular flexibility index (Phi) is 8.54. The minimum Gasteiger partial charge on any atom is -0.496 e. The SMILES string of the molecule is COc1ccc(S(=O)(=O)c2c(Br)cc(CC(NC(C)=O)(C(=O)O)C(=O)O)cc2Br)cc1C(C)C. The van der Waals surface area contributed by atoms with E-state index in [0.29, 0.717) is 11.3 Å². The van der Waals surface area contributed by atoms with Gasteiger partial charge in [0, 0.05) is 22.3 Å². The second kappa shape index (κ2) is 10.4. The predicted octanol–water partition coefficient (Wildman–Crippen LogP) is 3.76. The molecule has 0 saturated heterocycles. The highest BCUT2D eigenvalue weighted by atomic mass is 79.9. The van der Waals surface area contributed by atoms with Crippen LogP contribution in [0.1, 0.15) is 37.8 Å². The van der Waals surface area contributed by atoms with E-state index < -0.39 is 39.6 Å². The lowest BCUT2D eigenvalue weighted by Gasteiger charge is -2.26. The third kappa shape index (κ3) is 5.44. The summed E-state index contributed by atoms with van der Waals surface area (Å²) in [6, 6.07) is 7.14. The van der Waals surface area contributed by atoms with Crippen molar-refractivity contribution in [2.45, 2.75) is 48.4 Å². The fourth-order valence-corrected chi connectivity index (χ4v) is 7.38. The highest BCUT2D eigenvalue weighted by Gasteiger charge is 2.48. The molecule has 0 aromatic heterocycles. The monoisotopic (exact) mass is 619 g/mol. The number of sulfone groups is 1. The Bertz CT molecular complexity index is 1220. The van der Waals surface area contributed by atoms with Crippen molar-refractivity contribution in [3.8, 4) is 5.75 Å². The minimum absolute atomic E-state index is 0.00621. The number of halogens is 2. The van der Waals surface area contributed by atoms with E-state index in [1.54, 1.807) is 6.07 Å². The number of rotatable bonds is 9. The number of benzene rings is 2. The van der Waals surface area contributed by atoms with E-state index in [1.807, 2.05) is 19.2 Å². The van der Waals surface area contributed by atoms with Gasteiger partial charge in [-0.3, -0.25) is 4.79 Å². The number of amides is 1. The molecule has 12 heteroatoms. The van der Waals surface area contributed by atoms with Crippen LogP contribution < -0.4 is 10.1 Å². The van der Waals surface area contributed by atoms with Crippen LogP contribution in [0.3, 0.4) is 0 Å². The average Bonchev–Trinajstić information content (AvgIpc) is 2.71. The molecule has 0 aliphatic carbocycles. The van der Waals surface area contributed by atoms with Crippen LogP contribution in [0.25, 0.3) is 0 Å². The summed E-state index contributed by atoms with van der Waals surface area (Å²) in [6.07, 6.45) is -0.630. The first kappa shape index (κ1) is 27.8. The average molecular weight is 621 g/mol. The lowest BCUT2D eigenvalue weighted by Crippen LogP contribution is -2.61. The summed E-state index contributed by atoms with van der Waals surface area (Å²) in [6.45, 7) is 4.81. The van der Waals surface area contributed by atoms with Crippen LogP contribution in [-0.2, 0) is 30.6 Å². The number of carboxylic acids is 2. The fraction of sp³-hybridized carbons (Fsp3) is 0.318. The number of ether oxygens (including phenoxy) is 1. The highest BCUT2D eigenvalue weighted by molar-refractivity contribution is 9.11. The molecule has 2 aromatic rings. The first-order chi connectivity index (χ1) is 15.7. The first-order valence-electron chi connectivity index (χ1n) is 9.83. The van der Waals surface area contributed by atoms with Gasteiger partial charge in [-0.2, -0.15) is 0 Å². The predicted molar refractivity (Wildman–Crippen MR) is 130 cm³/mol. The summed E-state index contributed by atoms with van der Waals surface area (Å²) < 4.78 is 32.4. The van der Waals surface area contributed by atoms with Crippen LogP contribution in [0, 0.1) is 0 Å². The largest absolute Gasteiger partial charge is 0.496 e. The minimum atomic E-state index is -4.05. The second-order valence-corrected chi connectivity index (χ2v) is 11.4. The van der Waals surface area contributed by atoms with E-state index in [1.165, 1.54) is 31.4 Å². The van der Waals surface area contributed by atoms with Crippen molar-refractivity contribution in [1.82, 2.24) is 5.32 Å². The topological polar surface area (TPSA) is 147 Å². The molecular weight excluding hydrogens is 598 g/mol. The molecule has 0 bridgehead atoms. The number of carbonyl (C=O) groups excluding carboxylic acids is 1. The quantitative estimate of drug-likeness (QED) is 0.359. The van der Waals surface area contributed by atoms with Crippen molar-refractivity contribution < 1.29 is 37.8 Å². The number of hydrogen-bond donors (Lipinski definition) is 3. The van der Waals surface area contributed by atoms with Crippen LogP contribution in [0.15, 0.2) is 49.1 Å². The molecule has 9 nitrogen and oxygen atoms in total. The Hall–Kier alpha value is -2.44. The van der Waals surface area contributed by atoms with Gasteiger partial charge in [0.05, 0.1) is 12.0 Å². The maximum absolute atomic E-state index is 13.5. The third-order valence-corrected chi connectivity index (χ3v) is 8.68. The van der Waals surface area contributed by atoms with Crippen molar-refractivity contribution in [2.75, 3.05) is 7.11 Å². The Morgan fingerprint density at radius 2 is 1.59 bits per heavy atom. The lowest BCUT2D eigenvalue weighted by molar-refractivity contribution is -0.161. The summed E-state index contributed by atoms with van der Waals surface area (Å²) in [7, 11) is -2.55. The summed E-state index contributed by atoms with van der Waals surface area (Å²) >= 11 is 6.45. The number of aliphatic carboxylic acids is 2. The van der Waals surface area contributed by atoms with Crippen LogP contribution in [0.4, 0.5) is 0 Å². The molecule has 0 radical (unpaired) electrons. The molecule has 3 N–H and O–H groups in total. The molecule has 34 heavy (non-hydrogen) atoms. The summed E-state index contributed by atoms with van der Waals surface area (Å²) in [4.78, 5) is 35.0. The van der Waals surface area contributed by atoms with Gasteiger partial charge in [-0.1, -0.05) is 13.8 Å². The van der Waals surface area contributed by atoms with Crippen LogP contribution >= 0.6 is 31.9 Å². The molecule has 1 amide bonds. The summed E-state index contributed by atoms with van der Waals surface area (Å²) in [5.74, 6) is -3.83. The lowest BCUT2D eigenvalue weighted by atomic mass is 9.90. The molecule has 0 heterocycles. The van der Waals surface area contributed by atoms with Gasteiger partial charge in [-0.15, -0.1) is 0 Å². The molecule has 2 rings (SSSR count). The van der Waals surface area contributed by atoms with E-state index in [9.17, 15) is 33.0 Å². The van der Waals surface area contributed by atoms with Crippen molar-refractivity contribution in [3.63, 3.8) is 0 Å². The Balaban J connectivity index is 2.62. The number of hydrogen-bond acceptors (Lipinski definition) is 6. The van der Waals surface area contributed by atoms with Gasteiger partial charge < -0.3 is 20.3 Å². The smallest absolute Gasteiger partial charge is 0.341 e. The molecule has 0 fully saturated rings. The zero-order chi connectivity index (χ0) is 26.0. The van der Waals surface area contributed by atoms with Gasteiger partial charge in [0.15, 0.2) is 0 Å². The Morgan fingerprint density at radius 1 is 1.06 bits per heavy atom. The first-order valence-corrected chi connectivity index (χ1v) is 12.9. The van der Waals surface area contributed by atoms with Gasteiger partial charge in [0.1, 0.15) is 10.6 Å². The standard InChI is InChI=1S/C22H23Br2NO8S/c1-11(2)15-9-14(5-6-18(15)33-4)34(31,32)19-16(23)7-13(8-17(19)24)10-22(20(27)28,21(29)30)25-12(3)26/h5-9,11H,10H2,1-4H3,(H,25,26)(H,27,28)(H,29,30). The zero-order valence-corrected chi connectivity index (χ0v) is 22.7. The number of methoxy groups -OCH3 is 1. The van der Waals surface area contributed by atoms with Gasteiger partial charge in [-0.05, 0) is 79.2 Å². The molecule has 0 spiro atoms. The van der Waals surface area contributed by atoms with Crippen molar-refractivity contribution >= 4 is 59.5 Å². The van der Waals surface area contributed by atoms with E-state index in [4.69, 9.17) is 4.74 Å². The molecular formula is C22H23Br2NO8S. The fourth-order valence-electron chi connectivity index (χ4n) is 3.42. The maximum atomic E-state index is 13.5. The summed E-state index contributed by atoms with van der Waals surface area (Å²) in [5, 5.41) is 21.1. The van der Waals surface area contributed by atoms with Gasteiger partial charge in [-0.25, -0.2) is 18.0 Å². The van der Waals surface area contributed by atoms with Crippen LogP contribution in [0.5, 0.6) is 5.75 Å². The number of nitrogens with one attached hydrogen (secondary N) is 1. The van der Waals surface area contributed by atoms with Gasteiger partial charge in [0.25, 0.3) is 0 Å². The molecule has 0 aliphatic rings. The van der Waals surface area contributed by atoms with Crippen molar-refractivity contribution in [1.29, 1.82) is 0 Å². The third-order valence-electron chi connectivity index (χ3n) is 5.05. The molecule has 184 valence electrons. The van der Waals surface area contributed by atoms with Gasteiger partial charge in [0.2, 0.25) is 21.3 Å². The molecule has 0 saturated carbocycles. The normalized spacial score (nSPS) is 11.9. The molecule has 0 atom stereocenters. The van der Waals surface area contributed by atoms with Crippen molar-refractivity contribution in [3.05, 3.63) is 50.4 Å². The highest BCUT2D eigenvalue weighted by Crippen LogP contribution is 2.38. The van der Waals surface area contributed by atoms with E-state index >= 15 is 0 Å². The van der Waals surface area contributed by atoms with E-state index in [2.05, 4.69) is 31.9 Å². The molecule has 0 unspecified atom stereocenters. The number of carbonyl (C=O) groups is 3. The van der Waals surface area contributed by atoms with E-state index in [-0.39, 0.29) is 30.2 Å². The molecule has 0 aliphatic heterocycles. The van der Waals surface area contributed by atoms with Crippen LogP contribution in [0.2, 0.25) is 0 Å². The summed E-state index contributed by atoms with van der Waals surface area (Å²) in [5.41, 5.74) is -1.77. The van der Waals surface area contributed by atoms with Gasteiger partial charge >= 0.3 is 11.9 Å². The maximum Gasteiger partial charge on any atom is 0.341 e. The number of carboxylic acid groups (broad SMARTS) is 2. The Labute approximate surface area is 213 Å². The van der Waals surface area contributed by atoms with Crippen LogP contribution in [-0.4, -0.2) is 49.1 Å². The van der Waals surface area contributed by atoms with E-state index in [0.717, 1.165) is 6.92 Å². The van der Waals surface area contributed by atoms with Crippen molar-refractivity contribution in [2.24, 2.45) is 0 Å². The molecule has 2 aromatic carbocycles. The Morgan fingerprint density at radius 3 is 2.00 bits per heavy atom. The zero-order valence-electron chi connectivity index (χ0n) is 18.7. The second-order valence-electron chi connectivity index (χ2n) is 7.82.